The van der Waals surface area contributed by atoms with E-state index in [1.807, 2.05) is 41.5 Å². The van der Waals surface area contributed by atoms with Gasteiger partial charge in [0.15, 0.2) is 0 Å². The summed E-state index contributed by atoms with van der Waals surface area (Å²) in [6, 6.07) is 2.23. The lowest BCUT2D eigenvalue weighted by Crippen LogP contribution is -2.41. The normalized spacial score (nSPS) is 11.5. The van der Waals surface area contributed by atoms with Crippen LogP contribution in [0.15, 0.2) is 0 Å². The van der Waals surface area contributed by atoms with Crippen molar-refractivity contribution in [2.45, 2.75) is 59.5 Å². The van der Waals surface area contributed by atoms with Gasteiger partial charge < -0.3 is 16.4 Å². The number of nitriles is 1. The Balaban J connectivity index is 2.78. The third kappa shape index (κ3) is 3.14. The standard InChI is InChI=1S/C18H25N5OS/c1-8(2)12-11(7-19)16(21)22-17-13(12)14(20)15(25-17)18(24)23(9(3)4)10(5)6/h8-10H,20H2,1-6H3,(H2,21,22). The Morgan fingerprint density at radius 3 is 2.16 bits per heavy atom. The Kier molecular flexibility index (Phi) is 5.23. The number of carbonyl (C=O) groups excluding carboxylic acids is 1. The number of rotatable bonds is 4. The van der Waals surface area contributed by atoms with E-state index in [4.69, 9.17) is 11.5 Å². The highest BCUT2D eigenvalue weighted by atomic mass is 32.1. The molecule has 6 nitrogen and oxygen atoms in total. The maximum atomic E-state index is 13.1. The van der Waals surface area contributed by atoms with Gasteiger partial charge in [-0.15, -0.1) is 11.3 Å². The van der Waals surface area contributed by atoms with Crippen molar-refractivity contribution in [2.24, 2.45) is 0 Å². The fourth-order valence-electron chi connectivity index (χ4n) is 3.23. The molecule has 25 heavy (non-hydrogen) atoms. The van der Waals surface area contributed by atoms with E-state index in [1.54, 1.807) is 4.90 Å². The van der Waals surface area contributed by atoms with Gasteiger partial charge in [-0.2, -0.15) is 5.26 Å². The number of anilines is 2. The minimum atomic E-state index is -0.114. The molecule has 0 aliphatic rings. The van der Waals surface area contributed by atoms with Crippen LogP contribution in [0.3, 0.4) is 0 Å². The van der Waals surface area contributed by atoms with E-state index in [0.29, 0.717) is 26.3 Å². The third-order valence-corrected chi connectivity index (χ3v) is 5.26. The highest BCUT2D eigenvalue weighted by molar-refractivity contribution is 7.21. The van der Waals surface area contributed by atoms with Crippen LogP contribution in [0, 0.1) is 11.3 Å². The summed E-state index contributed by atoms with van der Waals surface area (Å²) in [6.45, 7) is 11.9. The van der Waals surface area contributed by atoms with Crippen LogP contribution in [0.1, 0.15) is 68.3 Å². The summed E-state index contributed by atoms with van der Waals surface area (Å²) in [7, 11) is 0. The van der Waals surface area contributed by atoms with Crippen LogP contribution in [-0.4, -0.2) is 27.9 Å². The highest BCUT2D eigenvalue weighted by Crippen LogP contribution is 2.41. The van der Waals surface area contributed by atoms with Crippen LogP contribution in [0.25, 0.3) is 10.2 Å². The fraction of sp³-hybridized carbons (Fsp3) is 0.500. The first-order valence-corrected chi connectivity index (χ1v) is 9.17. The predicted molar refractivity (Wildman–Crippen MR) is 104 cm³/mol. The molecule has 7 heteroatoms. The Labute approximate surface area is 152 Å². The van der Waals surface area contributed by atoms with Crippen LogP contribution in [0.2, 0.25) is 0 Å². The van der Waals surface area contributed by atoms with E-state index < -0.39 is 0 Å². The molecule has 0 aliphatic heterocycles. The number of pyridine rings is 1. The van der Waals surface area contributed by atoms with Gasteiger partial charge in [0.05, 0.1) is 11.3 Å². The van der Waals surface area contributed by atoms with E-state index >= 15 is 0 Å². The smallest absolute Gasteiger partial charge is 0.266 e. The molecule has 0 bridgehead atoms. The largest absolute Gasteiger partial charge is 0.397 e. The van der Waals surface area contributed by atoms with Crippen molar-refractivity contribution in [1.29, 1.82) is 5.26 Å². The molecule has 0 fully saturated rings. The van der Waals surface area contributed by atoms with Crippen LogP contribution < -0.4 is 11.5 Å². The second-order valence-electron chi connectivity index (χ2n) is 6.98. The third-order valence-electron chi connectivity index (χ3n) is 4.17. The average molecular weight is 359 g/mol. The zero-order valence-corrected chi connectivity index (χ0v) is 16.4. The summed E-state index contributed by atoms with van der Waals surface area (Å²) in [5.41, 5.74) is 13.8. The molecule has 2 rings (SSSR count). The number of nitrogens with zero attached hydrogens (tertiary/aromatic N) is 3. The first-order chi connectivity index (χ1) is 11.6. The summed E-state index contributed by atoms with van der Waals surface area (Å²) in [5, 5.41) is 10.1. The zero-order valence-electron chi connectivity index (χ0n) is 15.5. The second kappa shape index (κ2) is 6.89. The van der Waals surface area contributed by atoms with Crippen molar-refractivity contribution >= 4 is 39.0 Å². The minimum absolute atomic E-state index is 0.0357. The van der Waals surface area contributed by atoms with Crippen molar-refractivity contribution in [2.75, 3.05) is 11.5 Å². The van der Waals surface area contributed by atoms with Crippen LogP contribution >= 0.6 is 11.3 Å². The molecule has 2 aromatic rings. The lowest BCUT2D eigenvalue weighted by molar-refractivity contribution is 0.0650. The molecule has 0 atom stereocenters. The number of hydrogen-bond donors (Lipinski definition) is 2. The van der Waals surface area contributed by atoms with Crippen molar-refractivity contribution in [3.8, 4) is 6.07 Å². The summed E-state index contributed by atoms with van der Waals surface area (Å²) < 4.78 is 0. The molecule has 134 valence electrons. The molecule has 1 amide bonds. The zero-order chi connectivity index (χ0) is 19.0. The topological polar surface area (TPSA) is 109 Å². The molecule has 4 N–H and O–H groups in total. The molecule has 0 spiro atoms. The minimum Gasteiger partial charge on any atom is -0.397 e. The number of fused-ring (bicyclic) bond motifs is 1. The van der Waals surface area contributed by atoms with Crippen molar-refractivity contribution in [3.05, 3.63) is 16.0 Å². The molecule has 0 saturated carbocycles. The van der Waals surface area contributed by atoms with Gasteiger partial charge in [0, 0.05) is 17.5 Å². The maximum absolute atomic E-state index is 13.1. The molecule has 2 aromatic heterocycles. The van der Waals surface area contributed by atoms with Crippen LogP contribution in [-0.2, 0) is 0 Å². The molecule has 0 aliphatic carbocycles. The van der Waals surface area contributed by atoms with Gasteiger partial charge in [0.1, 0.15) is 21.6 Å². The summed E-state index contributed by atoms with van der Waals surface area (Å²) in [4.78, 5) is 20.3. The van der Waals surface area contributed by atoms with Gasteiger partial charge in [-0.05, 0) is 39.2 Å². The molecule has 0 unspecified atom stereocenters. The van der Waals surface area contributed by atoms with E-state index in [2.05, 4.69) is 11.1 Å². The maximum Gasteiger partial charge on any atom is 0.266 e. The van der Waals surface area contributed by atoms with E-state index in [0.717, 1.165) is 5.56 Å². The second-order valence-corrected chi connectivity index (χ2v) is 7.98. The Morgan fingerprint density at radius 1 is 1.16 bits per heavy atom. The number of aromatic nitrogens is 1. The lowest BCUT2D eigenvalue weighted by atomic mass is 9.95. The molecule has 0 radical (unpaired) electrons. The summed E-state index contributed by atoms with van der Waals surface area (Å²) >= 11 is 1.24. The number of nitrogen functional groups attached to an aromatic ring is 2. The van der Waals surface area contributed by atoms with Gasteiger partial charge in [0.2, 0.25) is 0 Å². The molecule has 0 aromatic carbocycles. The SMILES string of the molecule is CC(C)c1c(C#N)c(N)nc2sc(C(=O)N(C(C)C)C(C)C)c(N)c12. The average Bonchev–Trinajstić information content (AvgIpc) is 2.81. The van der Waals surface area contributed by atoms with Gasteiger partial charge in [-0.1, -0.05) is 13.8 Å². The monoisotopic (exact) mass is 359 g/mol. The first-order valence-electron chi connectivity index (χ1n) is 8.35. The number of hydrogen-bond acceptors (Lipinski definition) is 6. The Morgan fingerprint density at radius 2 is 1.72 bits per heavy atom. The van der Waals surface area contributed by atoms with Gasteiger partial charge in [0.25, 0.3) is 5.91 Å². The number of thiophene rings is 1. The molecular weight excluding hydrogens is 334 g/mol. The van der Waals surface area contributed by atoms with Crippen LogP contribution in [0.5, 0.6) is 0 Å². The van der Waals surface area contributed by atoms with Crippen molar-refractivity contribution in [3.63, 3.8) is 0 Å². The molecule has 2 heterocycles. The number of carbonyl (C=O) groups is 1. The number of amides is 1. The lowest BCUT2D eigenvalue weighted by Gasteiger charge is -2.30. The summed E-state index contributed by atoms with van der Waals surface area (Å²) in [5.74, 6) is 0.106. The Bertz CT molecular complexity index is 853. The van der Waals surface area contributed by atoms with Gasteiger partial charge in [-0.25, -0.2) is 4.98 Å². The van der Waals surface area contributed by atoms with Crippen molar-refractivity contribution < 1.29 is 4.79 Å². The first kappa shape index (κ1) is 19.0. The van der Waals surface area contributed by atoms with E-state index in [9.17, 15) is 10.1 Å². The Hall–Kier alpha value is -2.33. The predicted octanol–water partition coefficient (Wildman–Crippen LogP) is 3.71. The van der Waals surface area contributed by atoms with Crippen molar-refractivity contribution in [1.82, 2.24) is 9.88 Å². The quantitative estimate of drug-likeness (QED) is 0.864. The van der Waals surface area contributed by atoms with Crippen LogP contribution in [0.4, 0.5) is 11.5 Å². The summed E-state index contributed by atoms with van der Waals surface area (Å²) in [6.07, 6.45) is 0. The molecular formula is C18H25N5OS. The molecule has 0 saturated heterocycles. The van der Waals surface area contributed by atoms with Gasteiger partial charge >= 0.3 is 0 Å². The van der Waals surface area contributed by atoms with E-state index in [-0.39, 0.29) is 29.7 Å². The highest BCUT2D eigenvalue weighted by Gasteiger charge is 2.29. The van der Waals surface area contributed by atoms with Gasteiger partial charge in [-0.3, -0.25) is 4.79 Å². The fourth-order valence-corrected chi connectivity index (χ4v) is 4.30. The van der Waals surface area contributed by atoms with E-state index in [1.165, 1.54) is 11.3 Å². The number of nitrogens with two attached hydrogens (primary N) is 2.